The van der Waals surface area contributed by atoms with Gasteiger partial charge in [0, 0.05) is 18.7 Å². The Morgan fingerprint density at radius 3 is 2.45 bits per heavy atom. The fourth-order valence-corrected chi connectivity index (χ4v) is 2.50. The van der Waals surface area contributed by atoms with E-state index in [4.69, 9.17) is 4.74 Å². The van der Waals surface area contributed by atoms with Crippen LogP contribution in [0.25, 0.3) is 0 Å². The maximum absolute atomic E-state index is 5.84. The van der Waals surface area contributed by atoms with Crippen LogP contribution in [0.15, 0.2) is 6.33 Å². The third-order valence-electron chi connectivity index (χ3n) is 3.68. The van der Waals surface area contributed by atoms with Gasteiger partial charge in [-0.2, -0.15) is 0 Å². The lowest BCUT2D eigenvalue weighted by Crippen LogP contribution is -2.17. The number of hydrogen-bond donors (Lipinski definition) is 2. The second kappa shape index (κ2) is 8.04. The second-order valence-corrected chi connectivity index (χ2v) is 5.33. The largest absolute Gasteiger partial charge is 0.376 e. The molecule has 0 amide bonds. The molecule has 1 saturated carbocycles. The summed E-state index contributed by atoms with van der Waals surface area (Å²) in [6.07, 6.45) is 8.23. The maximum atomic E-state index is 5.84. The molecule has 112 valence electrons. The molecule has 1 aromatic rings. The van der Waals surface area contributed by atoms with Crippen molar-refractivity contribution < 1.29 is 4.74 Å². The number of ether oxygens (including phenoxy) is 1. The topological polar surface area (TPSA) is 59.1 Å². The molecule has 2 rings (SSSR count). The van der Waals surface area contributed by atoms with Crippen LogP contribution in [0.1, 0.15) is 44.6 Å². The minimum absolute atomic E-state index is 0.477. The van der Waals surface area contributed by atoms with Gasteiger partial charge >= 0.3 is 0 Å². The lowest BCUT2D eigenvalue weighted by atomic mass is 10.3. The molecule has 1 aliphatic carbocycles. The van der Waals surface area contributed by atoms with Crippen molar-refractivity contribution in [1.82, 2.24) is 9.97 Å². The van der Waals surface area contributed by atoms with Crippen molar-refractivity contribution >= 4 is 11.6 Å². The Morgan fingerprint density at radius 1 is 1.15 bits per heavy atom. The average molecular weight is 278 g/mol. The van der Waals surface area contributed by atoms with Crippen LogP contribution in [0.3, 0.4) is 0 Å². The van der Waals surface area contributed by atoms with Crippen LogP contribution in [0.2, 0.25) is 0 Å². The molecular formula is C15H26N4O. The fourth-order valence-electron chi connectivity index (χ4n) is 2.50. The molecule has 0 radical (unpaired) electrons. The van der Waals surface area contributed by atoms with E-state index in [9.17, 15) is 0 Å². The summed E-state index contributed by atoms with van der Waals surface area (Å²) < 4.78 is 5.84. The smallest absolute Gasteiger partial charge is 0.134 e. The van der Waals surface area contributed by atoms with Gasteiger partial charge in [0.2, 0.25) is 0 Å². The highest BCUT2D eigenvalue weighted by atomic mass is 16.5. The summed E-state index contributed by atoms with van der Waals surface area (Å²) in [5.41, 5.74) is 1.07. The highest BCUT2D eigenvalue weighted by molar-refractivity contribution is 5.56. The van der Waals surface area contributed by atoms with Crippen molar-refractivity contribution in [2.75, 3.05) is 30.3 Å². The molecule has 0 bridgehead atoms. The Hall–Kier alpha value is -1.36. The Balaban J connectivity index is 1.76. The van der Waals surface area contributed by atoms with Crippen molar-refractivity contribution in [2.45, 2.75) is 52.1 Å². The molecule has 1 heterocycles. The van der Waals surface area contributed by atoms with Gasteiger partial charge < -0.3 is 15.4 Å². The molecule has 2 N–H and O–H groups in total. The van der Waals surface area contributed by atoms with Crippen molar-refractivity contribution in [3.05, 3.63) is 11.9 Å². The molecule has 0 spiro atoms. The minimum atomic E-state index is 0.477. The van der Waals surface area contributed by atoms with Crippen LogP contribution in [0.4, 0.5) is 11.6 Å². The Bertz CT molecular complexity index is 405. The van der Waals surface area contributed by atoms with Gasteiger partial charge in [-0.3, -0.25) is 0 Å². The predicted molar refractivity (Wildman–Crippen MR) is 82.2 cm³/mol. The second-order valence-electron chi connectivity index (χ2n) is 5.33. The van der Waals surface area contributed by atoms with Gasteiger partial charge in [-0.1, -0.05) is 19.8 Å². The van der Waals surface area contributed by atoms with Crippen LogP contribution in [0, 0.1) is 6.92 Å². The quantitative estimate of drug-likeness (QED) is 0.716. The number of rotatable bonds is 8. The van der Waals surface area contributed by atoms with Crippen molar-refractivity contribution in [3.63, 3.8) is 0 Å². The fraction of sp³-hybridized carbons (Fsp3) is 0.733. The Morgan fingerprint density at radius 2 is 1.80 bits per heavy atom. The molecular weight excluding hydrogens is 252 g/mol. The van der Waals surface area contributed by atoms with Crippen LogP contribution in [0.5, 0.6) is 0 Å². The molecule has 20 heavy (non-hydrogen) atoms. The van der Waals surface area contributed by atoms with Gasteiger partial charge in [-0.25, -0.2) is 9.97 Å². The summed E-state index contributed by atoms with van der Waals surface area (Å²) in [5, 5.41) is 6.65. The van der Waals surface area contributed by atoms with Crippen molar-refractivity contribution in [2.24, 2.45) is 0 Å². The molecule has 5 nitrogen and oxygen atoms in total. The lowest BCUT2D eigenvalue weighted by Gasteiger charge is -2.14. The number of aromatic nitrogens is 2. The zero-order valence-corrected chi connectivity index (χ0v) is 12.6. The first-order valence-electron chi connectivity index (χ1n) is 7.72. The van der Waals surface area contributed by atoms with Gasteiger partial charge in [0.25, 0.3) is 0 Å². The Labute approximate surface area is 121 Å². The predicted octanol–water partition coefficient (Wildman–Crippen LogP) is 2.98. The van der Waals surface area contributed by atoms with Crippen molar-refractivity contribution in [1.29, 1.82) is 0 Å². The summed E-state index contributed by atoms with van der Waals surface area (Å²) in [6.45, 7) is 6.65. The maximum Gasteiger partial charge on any atom is 0.134 e. The summed E-state index contributed by atoms with van der Waals surface area (Å²) in [7, 11) is 0. The number of anilines is 2. The van der Waals surface area contributed by atoms with Gasteiger partial charge in [-0.05, 0) is 26.2 Å². The van der Waals surface area contributed by atoms with Gasteiger partial charge in [-0.15, -0.1) is 0 Å². The standard InChI is InChI=1S/C15H26N4O/c1-3-8-16-14-12(2)15(19-11-18-14)17-9-10-20-13-6-4-5-7-13/h11,13H,3-10H2,1-2H3,(H2,16,17,18,19). The monoisotopic (exact) mass is 278 g/mol. The first-order valence-corrected chi connectivity index (χ1v) is 7.72. The minimum Gasteiger partial charge on any atom is -0.376 e. The Kier molecular flexibility index (Phi) is 6.05. The number of hydrogen-bond acceptors (Lipinski definition) is 5. The van der Waals surface area contributed by atoms with E-state index >= 15 is 0 Å². The number of nitrogens with one attached hydrogen (secondary N) is 2. The van der Waals surface area contributed by atoms with Gasteiger partial charge in [0.1, 0.15) is 18.0 Å². The van der Waals surface area contributed by atoms with Crippen molar-refractivity contribution in [3.8, 4) is 0 Å². The third-order valence-corrected chi connectivity index (χ3v) is 3.68. The van der Waals surface area contributed by atoms with Crippen LogP contribution >= 0.6 is 0 Å². The summed E-state index contributed by atoms with van der Waals surface area (Å²) in [4.78, 5) is 8.57. The highest BCUT2D eigenvalue weighted by Gasteiger charge is 2.14. The zero-order chi connectivity index (χ0) is 14.2. The summed E-state index contributed by atoms with van der Waals surface area (Å²) in [6, 6.07) is 0. The van der Waals surface area contributed by atoms with E-state index in [1.54, 1.807) is 6.33 Å². The van der Waals surface area contributed by atoms with Crippen LogP contribution in [-0.2, 0) is 4.74 Å². The number of nitrogens with zero attached hydrogens (tertiary/aromatic N) is 2. The SMILES string of the molecule is CCCNc1ncnc(NCCOC2CCCC2)c1C. The molecule has 1 fully saturated rings. The van der Waals surface area contributed by atoms with E-state index in [1.807, 2.05) is 6.92 Å². The summed E-state index contributed by atoms with van der Waals surface area (Å²) in [5.74, 6) is 1.81. The van der Waals surface area contributed by atoms with Gasteiger partial charge in [0.15, 0.2) is 0 Å². The average Bonchev–Trinajstić information content (AvgIpc) is 2.97. The van der Waals surface area contributed by atoms with Crippen LogP contribution in [-0.4, -0.2) is 35.8 Å². The third kappa shape index (κ3) is 4.34. The van der Waals surface area contributed by atoms with E-state index in [0.29, 0.717) is 6.10 Å². The molecule has 0 atom stereocenters. The molecule has 1 aromatic heterocycles. The molecule has 5 heteroatoms. The molecule has 0 saturated heterocycles. The zero-order valence-electron chi connectivity index (χ0n) is 12.6. The van der Waals surface area contributed by atoms with E-state index in [2.05, 4.69) is 27.5 Å². The lowest BCUT2D eigenvalue weighted by molar-refractivity contribution is 0.0658. The normalized spacial score (nSPS) is 15.5. The molecule has 0 unspecified atom stereocenters. The molecule has 0 aromatic carbocycles. The van der Waals surface area contributed by atoms with Gasteiger partial charge in [0.05, 0.1) is 12.7 Å². The molecule has 0 aliphatic heterocycles. The summed E-state index contributed by atoms with van der Waals surface area (Å²) >= 11 is 0. The van der Waals surface area contributed by atoms with E-state index in [-0.39, 0.29) is 0 Å². The first-order chi connectivity index (χ1) is 9.81. The molecule has 1 aliphatic rings. The van der Waals surface area contributed by atoms with E-state index in [0.717, 1.165) is 43.3 Å². The van der Waals surface area contributed by atoms with Crippen LogP contribution < -0.4 is 10.6 Å². The first kappa shape index (κ1) is 15.0. The highest BCUT2D eigenvalue weighted by Crippen LogP contribution is 2.21. The van der Waals surface area contributed by atoms with E-state index < -0.39 is 0 Å². The van der Waals surface area contributed by atoms with E-state index in [1.165, 1.54) is 25.7 Å².